The molecule has 0 aliphatic rings. The van der Waals surface area contributed by atoms with Gasteiger partial charge in [-0.15, -0.1) is 0 Å². The molecule has 0 aliphatic heterocycles. The molecule has 1 aromatic rings. The van der Waals surface area contributed by atoms with Crippen LogP contribution >= 0.6 is 12.2 Å². The van der Waals surface area contributed by atoms with E-state index in [1.165, 1.54) is 6.07 Å². The van der Waals surface area contributed by atoms with Crippen molar-refractivity contribution in [2.45, 2.75) is 32.7 Å². The predicted molar refractivity (Wildman–Crippen MR) is 73.5 cm³/mol. The molecule has 0 fully saturated rings. The Morgan fingerprint density at radius 1 is 1.41 bits per heavy atom. The van der Waals surface area contributed by atoms with Crippen LogP contribution in [0.25, 0.3) is 0 Å². The van der Waals surface area contributed by atoms with Crippen molar-refractivity contribution < 1.29 is 4.39 Å². The fourth-order valence-electron chi connectivity index (χ4n) is 1.53. The van der Waals surface area contributed by atoms with E-state index in [0.29, 0.717) is 10.7 Å². The highest BCUT2D eigenvalue weighted by Crippen LogP contribution is 2.15. The average Bonchev–Trinajstić information content (AvgIpc) is 2.29. The third-order valence-electron chi connectivity index (χ3n) is 2.54. The number of hydrogen-bond acceptors (Lipinski definition) is 1. The lowest BCUT2D eigenvalue weighted by Gasteiger charge is -2.17. The van der Waals surface area contributed by atoms with E-state index in [2.05, 4.69) is 17.6 Å². The van der Waals surface area contributed by atoms with E-state index in [-0.39, 0.29) is 11.9 Å². The molecular weight excluding hydrogens is 235 g/mol. The lowest BCUT2D eigenvalue weighted by molar-refractivity contribution is 0.576. The van der Waals surface area contributed by atoms with E-state index >= 15 is 0 Å². The van der Waals surface area contributed by atoms with Crippen molar-refractivity contribution in [3.8, 4) is 0 Å². The molecule has 1 unspecified atom stereocenters. The van der Waals surface area contributed by atoms with Gasteiger partial charge >= 0.3 is 0 Å². The van der Waals surface area contributed by atoms with E-state index in [1.54, 1.807) is 12.1 Å². The molecule has 4 heteroatoms. The molecule has 0 radical (unpaired) electrons. The summed E-state index contributed by atoms with van der Waals surface area (Å²) in [6.07, 6.45) is 2.20. The van der Waals surface area contributed by atoms with Gasteiger partial charge in [-0.25, -0.2) is 4.39 Å². The summed E-state index contributed by atoms with van der Waals surface area (Å²) in [5, 5.41) is 6.76. The van der Waals surface area contributed by atoms with Gasteiger partial charge in [0.05, 0.1) is 6.04 Å². The summed E-state index contributed by atoms with van der Waals surface area (Å²) >= 11 is 5.14. The maximum atomic E-state index is 13.5. The van der Waals surface area contributed by atoms with Crippen molar-refractivity contribution in [3.05, 3.63) is 35.6 Å². The zero-order valence-electron chi connectivity index (χ0n) is 10.3. The summed E-state index contributed by atoms with van der Waals surface area (Å²) in [6, 6.07) is 6.61. The van der Waals surface area contributed by atoms with Crippen LogP contribution in [0.1, 0.15) is 38.3 Å². The largest absolute Gasteiger partial charge is 0.363 e. The van der Waals surface area contributed by atoms with E-state index < -0.39 is 0 Å². The van der Waals surface area contributed by atoms with Gasteiger partial charge in [-0.3, -0.25) is 0 Å². The first-order chi connectivity index (χ1) is 8.15. The Kier molecular flexibility index (Phi) is 5.91. The maximum absolute atomic E-state index is 13.5. The van der Waals surface area contributed by atoms with Crippen LogP contribution in [0, 0.1) is 5.82 Å². The van der Waals surface area contributed by atoms with Crippen molar-refractivity contribution in [1.82, 2.24) is 10.6 Å². The minimum absolute atomic E-state index is 0.127. The molecule has 0 amide bonds. The molecule has 0 bridgehead atoms. The third kappa shape index (κ3) is 4.69. The molecule has 1 rings (SSSR count). The highest BCUT2D eigenvalue weighted by Gasteiger charge is 2.10. The monoisotopic (exact) mass is 254 g/mol. The lowest BCUT2D eigenvalue weighted by atomic mass is 10.1. The maximum Gasteiger partial charge on any atom is 0.166 e. The van der Waals surface area contributed by atoms with Gasteiger partial charge in [0.15, 0.2) is 5.11 Å². The average molecular weight is 254 g/mol. The van der Waals surface area contributed by atoms with Gasteiger partial charge < -0.3 is 10.6 Å². The summed E-state index contributed by atoms with van der Waals surface area (Å²) in [5.41, 5.74) is 0.632. The molecule has 1 aromatic carbocycles. The SMILES string of the molecule is CCCCNC(=S)NC(C)c1ccccc1F. The molecule has 0 aliphatic carbocycles. The Balaban J connectivity index is 2.46. The van der Waals surface area contributed by atoms with Crippen molar-refractivity contribution in [2.24, 2.45) is 0 Å². The second kappa shape index (κ2) is 7.22. The molecule has 17 heavy (non-hydrogen) atoms. The van der Waals surface area contributed by atoms with Crippen LogP contribution < -0.4 is 10.6 Å². The molecule has 0 saturated carbocycles. The van der Waals surface area contributed by atoms with Crippen molar-refractivity contribution in [1.29, 1.82) is 0 Å². The minimum Gasteiger partial charge on any atom is -0.363 e. The van der Waals surface area contributed by atoms with Gasteiger partial charge in [-0.05, 0) is 31.6 Å². The zero-order chi connectivity index (χ0) is 12.7. The molecular formula is C13H19FN2S. The standard InChI is InChI=1S/C13H19FN2S/c1-3-4-9-15-13(17)16-10(2)11-7-5-6-8-12(11)14/h5-8,10H,3-4,9H2,1-2H3,(H2,15,16,17). The van der Waals surface area contributed by atoms with Crippen LogP contribution in [0.4, 0.5) is 4.39 Å². The zero-order valence-corrected chi connectivity index (χ0v) is 11.1. The predicted octanol–water partition coefficient (Wildman–Crippen LogP) is 3.15. The summed E-state index contributed by atoms with van der Waals surface area (Å²) in [5.74, 6) is -0.205. The lowest BCUT2D eigenvalue weighted by Crippen LogP contribution is -2.37. The van der Waals surface area contributed by atoms with E-state index in [4.69, 9.17) is 12.2 Å². The third-order valence-corrected chi connectivity index (χ3v) is 2.80. The highest BCUT2D eigenvalue weighted by atomic mass is 32.1. The van der Waals surface area contributed by atoms with Crippen LogP contribution in [0.5, 0.6) is 0 Å². The smallest absolute Gasteiger partial charge is 0.166 e. The number of nitrogens with one attached hydrogen (secondary N) is 2. The number of unbranched alkanes of at least 4 members (excludes halogenated alkanes) is 1. The van der Waals surface area contributed by atoms with E-state index in [0.717, 1.165) is 19.4 Å². The van der Waals surface area contributed by atoms with Crippen LogP contribution in [0.3, 0.4) is 0 Å². The number of halogens is 1. The summed E-state index contributed by atoms with van der Waals surface area (Å²) in [7, 11) is 0. The fraction of sp³-hybridized carbons (Fsp3) is 0.462. The van der Waals surface area contributed by atoms with Gasteiger partial charge in [0, 0.05) is 12.1 Å². The Morgan fingerprint density at radius 3 is 2.76 bits per heavy atom. The molecule has 1 atom stereocenters. The molecule has 2 nitrogen and oxygen atoms in total. The van der Waals surface area contributed by atoms with E-state index in [1.807, 2.05) is 13.0 Å². The topological polar surface area (TPSA) is 24.1 Å². The van der Waals surface area contributed by atoms with Crippen LogP contribution in [-0.2, 0) is 0 Å². The first kappa shape index (κ1) is 13.9. The molecule has 0 spiro atoms. The molecule has 0 aromatic heterocycles. The Hall–Kier alpha value is -1.16. The highest BCUT2D eigenvalue weighted by molar-refractivity contribution is 7.80. The summed E-state index contributed by atoms with van der Waals surface area (Å²) in [4.78, 5) is 0. The Bertz CT molecular complexity index is 368. The molecule has 0 heterocycles. The van der Waals surface area contributed by atoms with Gasteiger partial charge in [0.25, 0.3) is 0 Å². The first-order valence-corrected chi connectivity index (χ1v) is 6.34. The second-order valence-electron chi connectivity index (χ2n) is 4.00. The first-order valence-electron chi connectivity index (χ1n) is 5.94. The van der Waals surface area contributed by atoms with Crippen LogP contribution in [-0.4, -0.2) is 11.7 Å². The molecule has 2 N–H and O–H groups in total. The number of rotatable bonds is 5. The van der Waals surface area contributed by atoms with Gasteiger partial charge in [-0.2, -0.15) is 0 Å². The summed E-state index contributed by atoms with van der Waals surface area (Å²) in [6.45, 7) is 4.87. The van der Waals surface area contributed by atoms with Gasteiger partial charge in [0.2, 0.25) is 0 Å². The Morgan fingerprint density at radius 2 is 2.12 bits per heavy atom. The summed E-state index contributed by atoms with van der Waals surface area (Å²) < 4.78 is 13.5. The Labute approximate surface area is 108 Å². The fourth-order valence-corrected chi connectivity index (χ4v) is 1.81. The van der Waals surface area contributed by atoms with Crippen molar-refractivity contribution in [3.63, 3.8) is 0 Å². The normalized spacial score (nSPS) is 11.9. The number of thiocarbonyl (C=S) groups is 1. The molecule has 94 valence electrons. The molecule has 0 saturated heterocycles. The quantitative estimate of drug-likeness (QED) is 0.623. The number of benzene rings is 1. The minimum atomic E-state index is -0.205. The second-order valence-corrected chi connectivity index (χ2v) is 4.41. The van der Waals surface area contributed by atoms with Gasteiger partial charge in [-0.1, -0.05) is 31.5 Å². The van der Waals surface area contributed by atoms with E-state index in [9.17, 15) is 4.39 Å². The number of hydrogen-bond donors (Lipinski definition) is 2. The van der Waals surface area contributed by atoms with Crippen LogP contribution in [0.2, 0.25) is 0 Å². The van der Waals surface area contributed by atoms with Gasteiger partial charge in [0.1, 0.15) is 5.82 Å². The van der Waals surface area contributed by atoms with Crippen molar-refractivity contribution >= 4 is 17.3 Å². The van der Waals surface area contributed by atoms with Crippen LogP contribution in [0.15, 0.2) is 24.3 Å². The van der Waals surface area contributed by atoms with Crippen molar-refractivity contribution in [2.75, 3.05) is 6.54 Å².